The molecule has 4 N–H and O–H groups in total. The largest absolute Gasteiger partial charge is 0.414 e. The maximum atomic E-state index is 12.6. The number of ether oxygens (including phenoxy) is 1. The van der Waals surface area contributed by atoms with Gasteiger partial charge >= 0.3 is 0 Å². The third kappa shape index (κ3) is 6.06. The lowest BCUT2D eigenvalue weighted by Gasteiger charge is -2.40. The average molecular weight is 554 g/mol. The molecular weight excluding hydrogens is 510 g/mol. The number of H-pyrrole nitrogens is 1. The van der Waals surface area contributed by atoms with Crippen LogP contribution in [0.4, 0.5) is 0 Å². The third-order valence-electron chi connectivity index (χ3n) is 8.06. The number of imidazole rings is 1. The number of carbonyl (C=O) groups excluding carboxylic acids is 1. The summed E-state index contributed by atoms with van der Waals surface area (Å²) in [6, 6.07) is 0. The first-order valence-corrected chi connectivity index (χ1v) is 18.5. The molecule has 208 valence electrons. The number of hydrogen-bond donors (Lipinski definition) is 3. The molecule has 1 fully saturated rings. The van der Waals surface area contributed by atoms with Gasteiger partial charge in [0.1, 0.15) is 24.1 Å². The lowest BCUT2D eigenvalue weighted by Crippen LogP contribution is -2.49. The van der Waals surface area contributed by atoms with Crippen molar-refractivity contribution < 1.29 is 23.5 Å². The van der Waals surface area contributed by atoms with Gasteiger partial charge in [0.05, 0.1) is 19.4 Å². The van der Waals surface area contributed by atoms with Crippen molar-refractivity contribution in [1.82, 2.24) is 19.5 Å². The van der Waals surface area contributed by atoms with E-state index in [-0.39, 0.29) is 40.1 Å². The number of amides is 1. The first kappa shape index (κ1) is 29.6. The molecule has 0 unspecified atom stereocenters. The van der Waals surface area contributed by atoms with Gasteiger partial charge in [0, 0.05) is 0 Å². The van der Waals surface area contributed by atoms with Gasteiger partial charge in [0.15, 0.2) is 34.0 Å². The van der Waals surface area contributed by atoms with E-state index in [9.17, 15) is 14.7 Å². The summed E-state index contributed by atoms with van der Waals surface area (Å²) in [6.45, 7) is 21.6. The number of aliphatic hydroxyl groups excluding tert-OH is 1. The number of primary amides is 1. The second-order valence-corrected chi connectivity index (χ2v) is 22.5. The maximum Gasteiger partial charge on any atom is 0.279 e. The summed E-state index contributed by atoms with van der Waals surface area (Å²) in [5.74, 6) is -0.493. The molecule has 0 aliphatic carbocycles. The van der Waals surface area contributed by atoms with E-state index in [1.165, 1.54) is 6.33 Å². The molecule has 13 heteroatoms. The Morgan fingerprint density at radius 1 is 1.16 bits per heavy atom. The summed E-state index contributed by atoms with van der Waals surface area (Å²) >= 11 is 0. The van der Waals surface area contributed by atoms with Crippen LogP contribution in [0.15, 0.2) is 11.1 Å². The van der Waals surface area contributed by atoms with Gasteiger partial charge in [-0.2, -0.15) is 0 Å². The van der Waals surface area contributed by atoms with Crippen LogP contribution >= 0.6 is 0 Å². The number of aromatic amines is 1. The number of aromatic nitrogens is 4. The van der Waals surface area contributed by atoms with E-state index in [2.05, 4.69) is 82.7 Å². The van der Waals surface area contributed by atoms with Crippen LogP contribution in [0.5, 0.6) is 0 Å². The fourth-order valence-corrected chi connectivity index (χ4v) is 5.94. The number of rotatable bonds is 8. The van der Waals surface area contributed by atoms with Gasteiger partial charge in [0.25, 0.3) is 5.56 Å². The van der Waals surface area contributed by atoms with E-state index in [0.29, 0.717) is 0 Å². The molecular formula is C24H43N5O6Si2. The van der Waals surface area contributed by atoms with Crippen LogP contribution in [-0.4, -0.2) is 72.1 Å². The molecule has 2 aromatic heterocycles. The normalized spacial score (nSPS) is 23.6. The molecule has 37 heavy (non-hydrogen) atoms. The summed E-state index contributed by atoms with van der Waals surface area (Å²) in [7, 11) is -4.46. The molecule has 2 aromatic rings. The van der Waals surface area contributed by atoms with Gasteiger partial charge in [-0.05, 0) is 36.3 Å². The van der Waals surface area contributed by atoms with Crippen LogP contribution in [0.3, 0.4) is 0 Å². The van der Waals surface area contributed by atoms with Gasteiger partial charge in [0.2, 0.25) is 5.91 Å². The Hall–Kier alpha value is -1.91. The van der Waals surface area contributed by atoms with E-state index in [1.54, 1.807) is 4.57 Å². The second kappa shape index (κ2) is 10.0. The maximum absolute atomic E-state index is 12.6. The second-order valence-electron chi connectivity index (χ2n) is 12.9. The summed E-state index contributed by atoms with van der Waals surface area (Å²) in [4.78, 5) is 35.3. The van der Waals surface area contributed by atoms with Gasteiger partial charge in [-0.3, -0.25) is 14.2 Å². The van der Waals surface area contributed by atoms with Crippen molar-refractivity contribution in [2.24, 2.45) is 5.73 Å². The summed E-state index contributed by atoms with van der Waals surface area (Å²) < 4.78 is 21.1. The highest BCUT2D eigenvalue weighted by molar-refractivity contribution is 6.74. The van der Waals surface area contributed by atoms with E-state index in [0.717, 1.165) is 0 Å². The Morgan fingerprint density at radius 3 is 2.30 bits per heavy atom. The van der Waals surface area contributed by atoms with Crippen LogP contribution in [-0.2, 0) is 24.8 Å². The topological polar surface area (TPSA) is 155 Å². The molecule has 4 atom stereocenters. The highest BCUT2D eigenvalue weighted by Crippen LogP contribution is 2.43. The number of aliphatic hydroxyl groups is 1. The van der Waals surface area contributed by atoms with Crippen LogP contribution in [0.2, 0.25) is 36.3 Å². The summed E-state index contributed by atoms with van der Waals surface area (Å²) in [5, 5.41) is 11.3. The van der Waals surface area contributed by atoms with Crippen molar-refractivity contribution in [3.63, 3.8) is 0 Å². The monoisotopic (exact) mass is 553 g/mol. The predicted molar refractivity (Wildman–Crippen MR) is 146 cm³/mol. The van der Waals surface area contributed by atoms with Crippen LogP contribution in [0.1, 0.15) is 53.6 Å². The molecule has 0 bridgehead atoms. The zero-order valence-corrected chi connectivity index (χ0v) is 25.7. The van der Waals surface area contributed by atoms with Crippen molar-refractivity contribution in [3.05, 3.63) is 22.5 Å². The number of carbonyl (C=O) groups is 1. The molecule has 1 aliphatic heterocycles. The minimum absolute atomic E-state index is 0.00464. The average Bonchev–Trinajstić information content (AvgIpc) is 3.26. The van der Waals surface area contributed by atoms with Crippen molar-refractivity contribution in [1.29, 1.82) is 0 Å². The molecule has 0 saturated carbocycles. The molecule has 3 heterocycles. The molecule has 1 aliphatic rings. The number of nitrogens with one attached hydrogen (secondary N) is 1. The van der Waals surface area contributed by atoms with Gasteiger partial charge in [-0.25, -0.2) is 9.97 Å². The van der Waals surface area contributed by atoms with Crippen molar-refractivity contribution in [2.45, 2.75) is 109 Å². The zero-order chi connectivity index (χ0) is 28.1. The van der Waals surface area contributed by atoms with Gasteiger partial charge < -0.3 is 29.4 Å². The number of nitrogens with two attached hydrogens (primary N) is 1. The first-order valence-electron chi connectivity index (χ1n) is 12.6. The van der Waals surface area contributed by atoms with Crippen LogP contribution in [0.25, 0.3) is 11.2 Å². The fraction of sp³-hybridized carbons (Fsp3) is 0.750. The standard InChI is InChI=1S/C24H43N5O6Si2/c1-23(2,3)36(7,8)33-12-14-18(31)19(35-37(9,10)24(4,5)6)22(34-14)29-13-26-17-20(29)27-16(11-15(25)30)28-21(17)32/h13-14,18-19,22,31H,11-12H2,1-10H3,(H2,25,30)(H,27,28,32)/t14-,18-,19-,22-/m1/s1. The molecule has 3 rings (SSSR count). The number of hydrogen-bond acceptors (Lipinski definition) is 8. The fourth-order valence-electron chi connectivity index (χ4n) is 3.64. The molecule has 1 amide bonds. The lowest BCUT2D eigenvalue weighted by molar-refractivity contribution is -0.117. The quantitative estimate of drug-likeness (QED) is 0.422. The molecule has 0 spiro atoms. The zero-order valence-electron chi connectivity index (χ0n) is 23.7. The molecule has 0 radical (unpaired) electrons. The lowest BCUT2D eigenvalue weighted by atomic mass is 10.1. The van der Waals surface area contributed by atoms with Gasteiger partial charge in [-0.1, -0.05) is 41.5 Å². The van der Waals surface area contributed by atoms with Crippen LogP contribution in [0, 0.1) is 0 Å². The number of nitrogens with zero attached hydrogens (tertiary/aromatic N) is 3. The SMILES string of the molecule is CC(C)(C)[Si](C)(C)OC[C@H]1O[C@@H](n2cnc3c(=O)[nH]c(CC(N)=O)nc32)[C@H](O[Si](C)(C)C(C)(C)C)[C@@H]1O. The van der Waals surface area contributed by atoms with Crippen molar-refractivity contribution >= 4 is 33.7 Å². The smallest absolute Gasteiger partial charge is 0.279 e. The van der Waals surface area contributed by atoms with E-state index in [4.69, 9.17) is 19.3 Å². The van der Waals surface area contributed by atoms with Gasteiger partial charge in [-0.15, -0.1) is 0 Å². The van der Waals surface area contributed by atoms with Crippen molar-refractivity contribution in [2.75, 3.05) is 6.61 Å². The molecule has 11 nitrogen and oxygen atoms in total. The summed E-state index contributed by atoms with van der Waals surface area (Å²) in [5.41, 5.74) is 5.15. The Bertz CT molecular complexity index is 1200. The Kier molecular flexibility index (Phi) is 8.02. The number of fused-ring (bicyclic) bond motifs is 1. The minimum atomic E-state index is -2.35. The first-order chi connectivity index (χ1) is 16.7. The predicted octanol–water partition coefficient (Wildman–Crippen LogP) is 2.82. The highest BCUT2D eigenvalue weighted by Gasteiger charge is 2.51. The highest BCUT2D eigenvalue weighted by atomic mass is 28.4. The van der Waals surface area contributed by atoms with E-state index < -0.39 is 52.6 Å². The Morgan fingerprint density at radius 2 is 1.76 bits per heavy atom. The molecule has 1 saturated heterocycles. The molecule has 0 aromatic carbocycles. The Labute approximate surface area is 220 Å². The van der Waals surface area contributed by atoms with E-state index in [1.807, 2.05) is 0 Å². The van der Waals surface area contributed by atoms with Crippen molar-refractivity contribution in [3.8, 4) is 0 Å². The minimum Gasteiger partial charge on any atom is -0.414 e. The third-order valence-corrected chi connectivity index (χ3v) is 17.0. The van der Waals surface area contributed by atoms with E-state index >= 15 is 0 Å². The van der Waals surface area contributed by atoms with Crippen LogP contribution < -0.4 is 11.3 Å². The Balaban J connectivity index is 2.03. The summed E-state index contributed by atoms with van der Waals surface area (Å²) in [6.07, 6.45) is -1.95.